The summed E-state index contributed by atoms with van der Waals surface area (Å²) in [6.07, 6.45) is 0.749. The maximum Gasteiger partial charge on any atom is 0.229 e. The standard InChI is InChI=1S/C15H21N3O2/c1-4-14-18-12-7-10(5-6-13(12)20-14)17-15(19)11(8-16)9(2)3/h5-7,9,11H,4,8,16H2,1-3H3,(H,17,19). The Bertz CT molecular complexity index is 604. The molecule has 20 heavy (non-hydrogen) atoms. The van der Waals surface area contributed by atoms with Crippen LogP contribution in [0.1, 0.15) is 26.7 Å². The highest BCUT2D eigenvalue weighted by Crippen LogP contribution is 2.21. The third kappa shape index (κ3) is 2.99. The van der Waals surface area contributed by atoms with E-state index in [4.69, 9.17) is 10.2 Å². The molecular weight excluding hydrogens is 254 g/mol. The Morgan fingerprint density at radius 1 is 1.45 bits per heavy atom. The van der Waals surface area contributed by atoms with E-state index < -0.39 is 0 Å². The van der Waals surface area contributed by atoms with Crippen molar-refractivity contribution in [3.8, 4) is 0 Å². The minimum absolute atomic E-state index is 0.0546. The predicted octanol–water partition coefficient (Wildman–Crippen LogP) is 2.56. The number of rotatable bonds is 5. The van der Waals surface area contributed by atoms with Crippen molar-refractivity contribution in [2.24, 2.45) is 17.6 Å². The highest BCUT2D eigenvalue weighted by atomic mass is 16.3. The molecule has 5 nitrogen and oxygen atoms in total. The molecule has 1 atom stereocenters. The normalized spacial score (nSPS) is 12.8. The zero-order chi connectivity index (χ0) is 14.7. The SMILES string of the molecule is CCc1nc2cc(NC(=O)C(CN)C(C)C)ccc2o1. The van der Waals surface area contributed by atoms with E-state index >= 15 is 0 Å². The van der Waals surface area contributed by atoms with Gasteiger partial charge in [-0.2, -0.15) is 0 Å². The Morgan fingerprint density at radius 2 is 2.20 bits per heavy atom. The molecule has 0 radical (unpaired) electrons. The van der Waals surface area contributed by atoms with Gasteiger partial charge in [0.15, 0.2) is 11.5 Å². The molecule has 2 aromatic rings. The highest BCUT2D eigenvalue weighted by Gasteiger charge is 2.20. The van der Waals surface area contributed by atoms with Gasteiger partial charge in [0, 0.05) is 18.7 Å². The third-order valence-corrected chi connectivity index (χ3v) is 3.40. The van der Waals surface area contributed by atoms with Gasteiger partial charge < -0.3 is 15.5 Å². The molecule has 1 amide bonds. The van der Waals surface area contributed by atoms with Crippen LogP contribution in [0.4, 0.5) is 5.69 Å². The van der Waals surface area contributed by atoms with Crippen LogP contribution < -0.4 is 11.1 Å². The van der Waals surface area contributed by atoms with E-state index in [0.29, 0.717) is 12.4 Å². The number of nitrogens with two attached hydrogens (primary N) is 1. The number of carbonyl (C=O) groups excluding carboxylic acids is 1. The second kappa shape index (κ2) is 6.05. The minimum atomic E-state index is -0.186. The molecule has 2 rings (SSSR count). The Kier molecular flexibility index (Phi) is 4.39. The summed E-state index contributed by atoms with van der Waals surface area (Å²) in [6, 6.07) is 5.46. The summed E-state index contributed by atoms with van der Waals surface area (Å²) >= 11 is 0. The lowest BCUT2D eigenvalue weighted by atomic mass is 9.95. The number of anilines is 1. The topological polar surface area (TPSA) is 81.2 Å². The number of aryl methyl sites for hydroxylation is 1. The fourth-order valence-electron chi connectivity index (χ4n) is 2.12. The zero-order valence-corrected chi connectivity index (χ0v) is 12.1. The molecule has 0 saturated heterocycles. The number of amides is 1. The van der Waals surface area contributed by atoms with E-state index in [0.717, 1.165) is 23.2 Å². The second-order valence-electron chi connectivity index (χ2n) is 5.22. The first-order valence-electron chi connectivity index (χ1n) is 6.95. The molecule has 0 spiro atoms. The van der Waals surface area contributed by atoms with E-state index in [9.17, 15) is 4.79 Å². The number of aromatic nitrogens is 1. The Morgan fingerprint density at radius 3 is 2.80 bits per heavy atom. The first kappa shape index (κ1) is 14.5. The summed E-state index contributed by atoms with van der Waals surface area (Å²) in [5.74, 6) is 0.670. The molecule has 108 valence electrons. The van der Waals surface area contributed by atoms with Crippen molar-refractivity contribution in [2.45, 2.75) is 27.2 Å². The molecule has 0 fully saturated rings. The van der Waals surface area contributed by atoms with Crippen LogP contribution >= 0.6 is 0 Å². The Hall–Kier alpha value is -1.88. The van der Waals surface area contributed by atoms with Crippen LogP contribution in [0.25, 0.3) is 11.1 Å². The number of hydrogen-bond donors (Lipinski definition) is 2. The van der Waals surface area contributed by atoms with Gasteiger partial charge in [-0.1, -0.05) is 20.8 Å². The number of carbonyl (C=O) groups is 1. The van der Waals surface area contributed by atoms with Crippen LogP contribution in [-0.2, 0) is 11.2 Å². The van der Waals surface area contributed by atoms with Gasteiger partial charge in [0.1, 0.15) is 5.52 Å². The monoisotopic (exact) mass is 275 g/mol. The maximum atomic E-state index is 12.1. The molecule has 0 bridgehead atoms. The lowest BCUT2D eigenvalue weighted by molar-refractivity contribution is -0.120. The van der Waals surface area contributed by atoms with E-state index in [2.05, 4.69) is 10.3 Å². The van der Waals surface area contributed by atoms with Crippen LogP contribution in [-0.4, -0.2) is 17.4 Å². The highest BCUT2D eigenvalue weighted by molar-refractivity contribution is 5.94. The van der Waals surface area contributed by atoms with Crippen LogP contribution in [0.2, 0.25) is 0 Å². The van der Waals surface area contributed by atoms with E-state index in [-0.39, 0.29) is 17.7 Å². The van der Waals surface area contributed by atoms with E-state index in [1.54, 1.807) is 0 Å². The van der Waals surface area contributed by atoms with Crippen LogP contribution in [0, 0.1) is 11.8 Å². The quantitative estimate of drug-likeness (QED) is 0.878. The first-order valence-corrected chi connectivity index (χ1v) is 6.95. The predicted molar refractivity (Wildman–Crippen MR) is 79.4 cm³/mol. The Balaban J connectivity index is 2.19. The van der Waals surface area contributed by atoms with Crippen molar-refractivity contribution in [3.05, 3.63) is 24.1 Å². The molecule has 5 heteroatoms. The Labute approximate surface area is 118 Å². The fourth-order valence-corrected chi connectivity index (χ4v) is 2.12. The number of nitrogens with one attached hydrogen (secondary N) is 1. The van der Waals surface area contributed by atoms with Gasteiger partial charge in [0.05, 0.1) is 5.92 Å². The van der Waals surface area contributed by atoms with Gasteiger partial charge in [-0.15, -0.1) is 0 Å². The second-order valence-corrected chi connectivity index (χ2v) is 5.22. The molecule has 0 aliphatic rings. The summed E-state index contributed by atoms with van der Waals surface area (Å²) in [5.41, 5.74) is 7.87. The van der Waals surface area contributed by atoms with Crippen molar-refractivity contribution < 1.29 is 9.21 Å². The minimum Gasteiger partial charge on any atom is -0.441 e. The van der Waals surface area contributed by atoms with Crippen molar-refractivity contribution in [1.29, 1.82) is 0 Å². The lowest BCUT2D eigenvalue weighted by Gasteiger charge is -2.18. The first-order chi connectivity index (χ1) is 9.55. The summed E-state index contributed by atoms with van der Waals surface area (Å²) < 4.78 is 5.54. The number of oxazole rings is 1. The smallest absolute Gasteiger partial charge is 0.229 e. The van der Waals surface area contributed by atoms with Gasteiger partial charge in [0.2, 0.25) is 5.91 Å². The fraction of sp³-hybridized carbons (Fsp3) is 0.467. The summed E-state index contributed by atoms with van der Waals surface area (Å²) in [4.78, 5) is 16.5. The van der Waals surface area contributed by atoms with Crippen molar-refractivity contribution in [1.82, 2.24) is 4.98 Å². The van der Waals surface area contributed by atoms with Gasteiger partial charge in [-0.3, -0.25) is 4.79 Å². The van der Waals surface area contributed by atoms with Gasteiger partial charge in [0.25, 0.3) is 0 Å². The van der Waals surface area contributed by atoms with E-state index in [1.165, 1.54) is 0 Å². The number of nitrogens with zero attached hydrogens (tertiary/aromatic N) is 1. The molecular formula is C15H21N3O2. The zero-order valence-electron chi connectivity index (χ0n) is 12.1. The summed E-state index contributed by atoms with van der Waals surface area (Å²) in [5, 5.41) is 2.89. The van der Waals surface area contributed by atoms with Gasteiger partial charge in [-0.05, 0) is 24.1 Å². The van der Waals surface area contributed by atoms with Crippen LogP contribution in [0.15, 0.2) is 22.6 Å². The van der Waals surface area contributed by atoms with Crippen molar-refractivity contribution in [2.75, 3.05) is 11.9 Å². The van der Waals surface area contributed by atoms with Crippen LogP contribution in [0.5, 0.6) is 0 Å². The third-order valence-electron chi connectivity index (χ3n) is 3.40. The summed E-state index contributed by atoms with van der Waals surface area (Å²) in [6.45, 7) is 6.31. The molecule has 0 aliphatic carbocycles. The number of benzene rings is 1. The molecule has 3 N–H and O–H groups in total. The van der Waals surface area contributed by atoms with E-state index in [1.807, 2.05) is 39.0 Å². The largest absolute Gasteiger partial charge is 0.441 e. The number of fused-ring (bicyclic) bond motifs is 1. The maximum absolute atomic E-state index is 12.1. The molecule has 0 aliphatic heterocycles. The molecule has 1 unspecified atom stereocenters. The average molecular weight is 275 g/mol. The van der Waals surface area contributed by atoms with Gasteiger partial charge >= 0.3 is 0 Å². The molecule has 1 aromatic carbocycles. The van der Waals surface area contributed by atoms with Crippen LogP contribution in [0.3, 0.4) is 0 Å². The van der Waals surface area contributed by atoms with Crippen molar-refractivity contribution >= 4 is 22.7 Å². The molecule has 1 heterocycles. The van der Waals surface area contributed by atoms with Gasteiger partial charge in [-0.25, -0.2) is 4.98 Å². The van der Waals surface area contributed by atoms with Crippen molar-refractivity contribution in [3.63, 3.8) is 0 Å². The number of hydrogen-bond acceptors (Lipinski definition) is 4. The molecule has 1 aromatic heterocycles. The average Bonchev–Trinajstić information content (AvgIpc) is 2.81. The molecule has 0 saturated carbocycles. The lowest BCUT2D eigenvalue weighted by Crippen LogP contribution is -2.33. The summed E-state index contributed by atoms with van der Waals surface area (Å²) in [7, 11) is 0.